The van der Waals surface area contributed by atoms with E-state index in [0.29, 0.717) is 6.42 Å². The van der Waals surface area contributed by atoms with Gasteiger partial charge in [-0.05, 0) is 11.6 Å². The molecule has 2 rings (SSSR count). The Labute approximate surface area is 74.1 Å². The summed E-state index contributed by atoms with van der Waals surface area (Å²) in [6, 6.07) is 8.07. The van der Waals surface area contributed by atoms with Gasteiger partial charge in [-0.2, -0.15) is 5.26 Å². The van der Waals surface area contributed by atoms with Crippen LogP contribution in [0.5, 0.6) is 0 Å². The van der Waals surface area contributed by atoms with Crippen LogP contribution in [0, 0.1) is 11.3 Å². The molecule has 0 spiro atoms. The predicted octanol–water partition coefficient (Wildman–Crippen LogP) is 2.36. The molecule has 0 fully saturated rings. The van der Waals surface area contributed by atoms with Crippen LogP contribution in [-0.2, 0) is 6.42 Å². The lowest BCUT2D eigenvalue weighted by atomic mass is 10.1. The van der Waals surface area contributed by atoms with Gasteiger partial charge in [-0.15, -0.1) is 11.3 Å². The first-order valence-corrected chi connectivity index (χ1v) is 4.48. The SMILES string of the molecule is N#CCc1cccc2scnc12. The summed E-state index contributed by atoms with van der Waals surface area (Å²) in [4.78, 5) is 4.20. The molecule has 0 atom stereocenters. The lowest BCUT2D eigenvalue weighted by Gasteiger charge is -1.93. The van der Waals surface area contributed by atoms with Crippen LogP contribution in [0.25, 0.3) is 10.2 Å². The van der Waals surface area contributed by atoms with Crippen LogP contribution in [0.1, 0.15) is 5.56 Å². The quantitative estimate of drug-likeness (QED) is 0.665. The van der Waals surface area contributed by atoms with Crippen LogP contribution in [0.15, 0.2) is 23.7 Å². The van der Waals surface area contributed by atoms with Crippen molar-refractivity contribution in [3.8, 4) is 6.07 Å². The smallest absolute Gasteiger partial charge is 0.0854 e. The number of nitrogens with zero attached hydrogens (tertiary/aromatic N) is 2. The van der Waals surface area contributed by atoms with E-state index < -0.39 is 0 Å². The van der Waals surface area contributed by atoms with E-state index in [1.54, 1.807) is 11.3 Å². The molecule has 0 bridgehead atoms. The highest BCUT2D eigenvalue weighted by atomic mass is 32.1. The van der Waals surface area contributed by atoms with Crippen molar-refractivity contribution in [2.75, 3.05) is 0 Å². The van der Waals surface area contributed by atoms with Crippen LogP contribution >= 0.6 is 11.3 Å². The van der Waals surface area contributed by atoms with Crippen molar-refractivity contribution >= 4 is 21.6 Å². The highest BCUT2D eigenvalue weighted by molar-refractivity contribution is 7.16. The number of benzene rings is 1. The second-order valence-corrected chi connectivity index (χ2v) is 3.34. The third-order valence-electron chi connectivity index (χ3n) is 1.71. The van der Waals surface area contributed by atoms with Crippen molar-refractivity contribution in [1.29, 1.82) is 5.26 Å². The summed E-state index contributed by atoms with van der Waals surface area (Å²) in [5.74, 6) is 0. The lowest BCUT2D eigenvalue weighted by molar-refractivity contribution is 1.27. The van der Waals surface area contributed by atoms with Crippen molar-refractivity contribution in [3.63, 3.8) is 0 Å². The van der Waals surface area contributed by atoms with Gasteiger partial charge in [0.05, 0.1) is 28.2 Å². The van der Waals surface area contributed by atoms with Gasteiger partial charge in [-0.3, -0.25) is 0 Å². The van der Waals surface area contributed by atoms with Gasteiger partial charge >= 0.3 is 0 Å². The molecule has 0 radical (unpaired) electrons. The molecule has 0 unspecified atom stereocenters. The second kappa shape index (κ2) is 2.92. The molecule has 0 saturated heterocycles. The average molecular weight is 174 g/mol. The van der Waals surface area contributed by atoms with Crippen molar-refractivity contribution < 1.29 is 0 Å². The van der Waals surface area contributed by atoms with Crippen LogP contribution < -0.4 is 0 Å². The highest BCUT2D eigenvalue weighted by Gasteiger charge is 2.01. The minimum absolute atomic E-state index is 0.446. The number of para-hydroxylation sites is 1. The number of hydrogen-bond donors (Lipinski definition) is 0. The van der Waals surface area contributed by atoms with Gasteiger partial charge in [0.25, 0.3) is 0 Å². The van der Waals surface area contributed by atoms with E-state index >= 15 is 0 Å². The van der Waals surface area contributed by atoms with Gasteiger partial charge in [0.1, 0.15) is 0 Å². The molecule has 0 aliphatic heterocycles. The Hall–Kier alpha value is -1.40. The predicted molar refractivity (Wildman–Crippen MR) is 48.9 cm³/mol. The summed E-state index contributed by atoms with van der Waals surface area (Å²) in [7, 11) is 0. The molecule has 1 aromatic heterocycles. The molecule has 0 N–H and O–H groups in total. The number of aromatic nitrogens is 1. The summed E-state index contributed by atoms with van der Waals surface area (Å²) in [6.07, 6.45) is 0.446. The molecule has 1 aromatic carbocycles. The number of hydrogen-bond acceptors (Lipinski definition) is 3. The zero-order chi connectivity index (χ0) is 8.39. The van der Waals surface area contributed by atoms with E-state index in [9.17, 15) is 0 Å². The standard InChI is InChI=1S/C9H6N2S/c10-5-4-7-2-1-3-8-9(7)11-6-12-8/h1-3,6H,4H2. The molecular formula is C9H6N2S. The maximum atomic E-state index is 8.54. The molecule has 0 aliphatic rings. The van der Waals surface area contributed by atoms with Crippen molar-refractivity contribution in [3.05, 3.63) is 29.3 Å². The molecule has 12 heavy (non-hydrogen) atoms. The fourth-order valence-corrected chi connectivity index (χ4v) is 1.90. The molecule has 0 aliphatic carbocycles. The van der Waals surface area contributed by atoms with Crippen molar-refractivity contribution in [2.45, 2.75) is 6.42 Å². The largest absolute Gasteiger partial charge is 0.244 e. The summed E-state index contributed by atoms with van der Waals surface area (Å²) in [5.41, 5.74) is 3.81. The highest BCUT2D eigenvalue weighted by Crippen LogP contribution is 2.20. The van der Waals surface area contributed by atoms with Crippen LogP contribution in [-0.4, -0.2) is 4.98 Å². The first-order valence-electron chi connectivity index (χ1n) is 3.60. The zero-order valence-electron chi connectivity index (χ0n) is 6.32. The first kappa shape index (κ1) is 7.26. The molecular weight excluding hydrogens is 168 g/mol. The molecule has 3 heteroatoms. The fourth-order valence-electron chi connectivity index (χ4n) is 1.17. The topological polar surface area (TPSA) is 36.7 Å². The molecule has 0 saturated carbocycles. The van der Waals surface area contributed by atoms with Crippen LogP contribution in [0.3, 0.4) is 0 Å². The number of fused-ring (bicyclic) bond motifs is 1. The number of nitriles is 1. The fraction of sp³-hybridized carbons (Fsp3) is 0.111. The van der Waals surface area contributed by atoms with Crippen LogP contribution in [0.4, 0.5) is 0 Å². The van der Waals surface area contributed by atoms with Crippen LogP contribution in [0.2, 0.25) is 0 Å². The lowest BCUT2D eigenvalue weighted by Crippen LogP contribution is -1.82. The summed E-state index contributed by atoms with van der Waals surface area (Å²) >= 11 is 1.61. The molecule has 58 valence electrons. The Morgan fingerprint density at radius 2 is 2.42 bits per heavy atom. The summed E-state index contributed by atoms with van der Waals surface area (Å²) in [6.45, 7) is 0. The van der Waals surface area contributed by atoms with E-state index in [-0.39, 0.29) is 0 Å². The third-order valence-corrected chi connectivity index (χ3v) is 2.51. The Bertz CT molecular complexity index is 439. The Kier molecular flexibility index (Phi) is 1.77. The zero-order valence-corrected chi connectivity index (χ0v) is 7.14. The maximum absolute atomic E-state index is 8.54. The van der Waals surface area contributed by atoms with Gasteiger partial charge in [-0.1, -0.05) is 12.1 Å². The third kappa shape index (κ3) is 1.06. The maximum Gasteiger partial charge on any atom is 0.0854 e. The Morgan fingerprint density at radius 3 is 3.25 bits per heavy atom. The Morgan fingerprint density at radius 1 is 1.50 bits per heavy atom. The van der Waals surface area contributed by atoms with Gasteiger partial charge in [0, 0.05) is 0 Å². The molecule has 0 amide bonds. The normalized spacial score (nSPS) is 9.92. The van der Waals surface area contributed by atoms with E-state index in [1.807, 2.05) is 23.7 Å². The average Bonchev–Trinajstić information content (AvgIpc) is 2.53. The van der Waals surface area contributed by atoms with E-state index in [2.05, 4.69) is 11.1 Å². The first-order chi connectivity index (χ1) is 5.92. The second-order valence-electron chi connectivity index (χ2n) is 2.45. The number of thiazole rings is 1. The van der Waals surface area contributed by atoms with E-state index in [0.717, 1.165) is 15.8 Å². The van der Waals surface area contributed by atoms with Gasteiger partial charge in [0.2, 0.25) is 0 Å². The molecule has 2 nitrogen and oxygen atoms in total. The van der Waals surface area contributed by atoms with Gasteiger partial charge < -0.3 is 0 Å². The van der Waals surface area contributed by atoms with Gasteiger partial charge in [-0.25, -0.2) is 4.98 Å². The monoisotopic (exact) mass is 174 g/mol. The minimum Gasteiger partial charge on any atom is -0.244 e. The number of rotatable bonds is 1. The van der Waals surface area contributed by atoms with E-state index in [1.165, 1.54) is 0 Å². The Balaban J connectivity index is 2.67. The summed E-state index contributed by atoms with van der Waals surface area (Å²) < 4.78 is 1.16. The minimum atomic E-state index is 0.446. The molecule has 2 aromatic rings. The summed E-state index contributed by atoms with van der Waals surface area (Å²) in [5, 5.41) is 8.54. The van der Waals surface area contributed by atoms with Gasteiger partial charge in [0.15, 0.2) is 0 Å². The van der Waals surface area contributed by atoms with Crippen molar-refractivity contribution in [1.82, 2.24) is 4.98 Å². The van der Waals surface area contributed by atoms with Crippen molar-refractivity contribution in [2.24, 2.45) is 0 Å². The van der Waals surface area contributed by atoms with E-state index in [4.69, 9.17) is 5.26 Å². The molecule has 1 heterocycles.